The second kappa shape index (κ2) is 7.08. The van der Waals surface area contributed by atoms with Crippen LogP contribution in [0.3, 0.4) is 0 Å². The summed E-state index contributed by atoms with van der Waals surface area (Å²) in [6.45, 7) is 4.83. The Hall–Kier alpha value is -2.08. The Morgan fingerprint density at radius 2 is 2.24 bits per heavy atom. The van der Waals surface area contributed by atoms with Gasteiger partial charge in [-0.25, -0.2) is 9.78 Å². The molecule has 5 nitrogen and oxygen atoms in total. The lowest BCUT2D eigenvalue weighted by atomic mass is 10.1. The number of aromatic nitrogens is 1. The lowest BCUT2D eigenvalue weighted by molar-refractivity contribution is 0.0527. The summed E-state index contributed by atoms with van der Waals surface area (Å²) in [5.74, 6) is -0.402. The van der Waals surface area contributed by atoms with Crippen molar-refractivity contribution in [3.8, 4) is 0 Å². The van der Waals surface area contributed by atoms with Crippen LogP contribution in [0.25, 0.3) is 0 Å². The summed E-state index contributed by atoms with van der Waals surface area (Å²) in [7, 11) is 0. The van der Waals surface area contributed by atoms with Crippen molar-refractivity contribution in [1.29, 1.82) is 0 Å². The molecule has 0 atom stereocenters. The van der Waals surface area contributed by atoms with Crippen molar-refractivity contribution in [2.45, 2.75) is 26.8 Å². The highest BCUT2D eigenvalue weighted by Gasteiger charge is 2.11. The van der Waals surface area contributed by atoms with Crippen LogP contribution in [0.4, 0.5) is 11.4 Å². The highest BCUT2D eigenvalue weighted by Crippen LogP contribution is 2.20. The van der Waals surface area contributed by atoms with Gasteiger partial charge in [-0.05, 0) is 31.5 Å². The highest BCUT2D eigenvalue weighted by molar-refractivity contribution is 7.11. The number of thiazole rings is 1. The number of nitrogen functional groups attached to an aromatic ring is 1. The topological polar surface area (TPSA) is 77.2 Å². The maximum Gasteiger partial charge on any atom is 0.340 e. The SMILES string of the molecule is CCOC(=O)c1cc(NCc2ncc(CC)s2)ccc1N. The van der Waals surface area contributed by atoms with Crippen molar-refractivity contribution in [2.24, 2.45) is 0 Å². The van der Waals surface area contributed by atoms with E-state index < -0.39 is 5.97 Å². The second-order valence-corrected chi connectivity index (χ2v) is 5.65. The van der Waals surface area contributed by atoms with Crippen LogP contribution in [-0.2, 0) is 17.7 Å². The average molecular weight is 305 g/mol. The van der Waals surface area contributed by atoms with Gasteiger partial charge in [0, 0.05) is 22.4 Å². The summed E-state index contributed by atoms with van der Waals surface area (Å²) in [4.78, 5) is 17.4. The quantitative estimate of drug-likeness (QED) is 0.633. The van der Waals surface area contributed by atoms with E-state index >= 15 is 0 Å². The van der Waals surface area contributed by atoms with Crippen LogP contribution in [0.1, 0.15) is 34.1 Å². The normalized spacial score (nSPS) is 10.4. The van der Waals surface area contributed by atoms with Gasteiger partial charge in [-0.2, -0.15) is 0 Å². The van der Waals surface area contributed by atoms with E-state index in [1.165, 1.54) is 4.88 Å². The summed E-state index contributed by atoms with van der Waals surface area (Å²) in [5, 5.41) is 4.26. The first-order valence-corrected chi connectivity index (χ1v) is 7.69. The molecule has 1 heterocycles. The van der Waals surface area contributed by atoms with Gasteiger partial charge in [-0.15, -0.1) is 11.3 Å². The average Bonchev–Trinajstić information content (AvgIpc) is 2.94. The number of aryl methyl sites for hydroxylation is 1. The number of nitrogens with two attached hydrogens (primary N) is 1. The van der Waals surface area contributed by atoms with Crippen molar-refractivity contribution in [3.05, 3.63) is 39.8 Å². The molecule has 3 N–H and O–H groups in total. The van der Waals surface area contributed by atoms with Crippen molar-refractivity contribution in [3.63, 3.8) is 0 Å². The molecule has 0 aliphatic heterocycles. The second-order valence-electron chi connectivity index (χ2n) is 4.45. The number of nitrogens with one attached hydrogen (secondary N) is 1. The molecule has 0 spiro atoms. The number of hydrogen-bond donors (Lipinski definition) is 2. The van der Waals surface area contributed by atoms with Gasteiger partial charge in [0.2, 0.25) is 0 Å². The van der Waals surface area contributed by atoms with E-state index in [1.54, 1.807) is 30.4 Å². The van der Waals surface area contributed by atoms with Crippen LogP contribution in [0.2, 0.25) is 0 Å². The van der Waals surface area contributed by atoms with E-state index in [0.717, 1.165) is 17.1 Å². The van der Waals surface area contributed by atoms with E-state index in [-0.39, 0.29) is 0 Å². The van der Waals surface area contributed by atoms with Crippen molar-refractivity contribution < 1.29 is 9.53 Å². The first kappa shape index (κ1) is 15.3. The Balaban J connectivity index is 2.06. The molecule has 0 saturated heterocycles. The fourth-order valence-corrected chi connectivity index (χ4v) is 2.62. The largest absolute Gasteiger partial charge is 0.462 e. The van der Waals surface area contributed by atoms with Gasteiger partial charge >= 0.3 is 5.97 Å². The lowest BCUT2D eigenvalue weighted by Crippen LogP contribution is -2.09. The van der Waals surface area contributed by atoms with E-state index in [9.17, 15) is 4.79 Å². The zero-order valence-corrected chi connectivity index (χ0v) is 13.0. The summed E-state index contributed by atoms with van der Waals surface area (Å²) in [6.07, 6.45) is 2.89. The molecular weight excluding hydrogens is 286 g/mol. The molecule has 0 radical (unpaired) electrons. The zero-order chi connectivity index (χ0) is 15.2. The summed E-state index contributed by atoms with van der Waals surface area (Å²) in [6, 6.07) is 5.25. The van der Waals surface area contributed by atoms with Gasteiger partial charge in [0.1, 0.15) is 5.01 Å². The van der Waals surface area contributed by atoms with Gasteiger partial charge in [0.25, 0.3) is 0 Å². The number of carbonyl (C=O) groups excluding carboxylic acids is 1. The predicted octanol–water partition coefficient (Wildman–Crippen LogP) is 3.08. The van der Waals surface area contributed by atoms with Gasteiger partial charge < -0.3 is 15.8 Å². The molecule has 0 bridgehead atoms. The van der Waals surface area contributed by atoms with Crippen LogP contribution in [-0.4, -0.2) is 17.6 Å². The molecule has 0 fully saturated rings. The number of ether oxygens (including phenoxy) is 1. The van der Waals surface area contributed by atoms with Crippen LogP contribution in [0.15, 0.2) is 24.4 Å². The van der Waals surface area contributed by atoms with Crippen molar-refractivity contribution in [1.82, 2.24) is 4.98 Å². The minimum atomic E-state index is -0.402. The molecule has 6 heteroatoms. The molecule has 21 heavy (non-hydrogen) atoms. The first-order chi connectivity index (χ1) is 10.1. The predicted molar refractivity (Wildman–Crippen MR) is 85.6 cm³/mol. The molecule has 2 aromatic rings. The molecule has 0 amide bonds. The fourth-order valence-electron chi connectivity index (χ4n) is 1.82. The molecule has 0 aliphatic rings. The van der Waals surface area contributed by atoms with E-state index in [2.05, 4.69) is 17.2 Å². The van der Waals surface area contributed by atoms with Gasteiger partial charge in [-0.3, -0.25) is 0 Å². The number of anilines is 2. The minimum absolute atomic E-state index is 0.328. The van der Waals surface area contributed by atoms with Gasteiger partial charge in [-0.1, -0.05) is 6.92 Å². The molecule has 0 aliphatic carbocycles. The van der Waals surface area contributed by atoms with Crippen LogP contribution >= 0.6 is 11.3 Å². The summed E-state index contributed by atoms with van der Waals surface area (Å²) in [5.41, 5.74) is 7.43. The minimum Gasteiger partial charge on any atom is -0.462 e. The van der Waals surface area contributed by atoms with Crippen LogP contribution in [0, 0.1) is 0 Å². The lowest BCUT2D eigenvalue weighted by Gasteiger charge is -2.09. The van der Waals surface area contributed by atoms with E-state index in [4.69, 9.17) is 10.5 Å². The number of carbonyl (C=O) groups is 1. The Bertz CT molecular complexity index is 625. The number of nitrogens with zero attached hydrogens (tertiary/aromatic N) is 1. The van der Waals surface area contributed by atoms with E-state index in [1.807, 2.05) is 12.3 Å². The summed E-state index contributed by atoms with van der Waals surface area (Å²) < 4.78 is 4.99. The number of hydrogen-bond acceptors (Lipinski definition) is 6. The first-order valence-electron chi connectivity index (χ1n) is 6.88. The standard InChI is InChI=1S/C15H19N3O2S/c1-3-11-8-18-14(21-11)9-17-10-5-6-13(16)12(7-10)15(19)20-4-2/h5-8,17H,3-4,9,16H2,1-2H3. The third-order valence-corrected chi connectivity index (χ3v) is 4.08. The maximum absolute atomic E-state index is 11.8. The molecule has 1 aromatic heterocycles. The Morgan fingerprint density at radius 1 is 1.43 bits per heavy atom. The Labute approximate surface area is 128 Å². The van der Waals surface area contributed by atoms with Gasteiger partial charge in [0.05, 0.1) is 18.7 Å². The van der Waals surface area contributed by atoms with Crippen molar-refractivity contribution in [2.75, 3.05) is 17.7 Å². The number of esters is 1. The van der Waals surface area contributed by atoms with Crippen LogP contribution in [0.5, 0.6) is 0 Å². The smallest absolute Gasteiger partial charge is 0.340 e. The Kier molecular flexibility index (Phi) is 5.16. The van der Waals surface area contributed by atoms with Crippen molar-refractivity contribution >= 4 is 28.7 Å². The Morgan fingerprint density at radius 3 is 2.90 bits per heavy atom. The molecule has 2 rings (SSSR count). The third kappa shape index (κ3) is 3.95. The molecule has 0 unspecified atom stereocenters. The zero-order valence-electron chi connectivity index (χ0n) is 12.2. The molecule has 1 aromatic carbocycles. The van der Waals surface area contributed by atoms with Crippen LogP contribution < -0.4 is 11.1 Å². The monoisotopic (exact) mass is 305 g/mol. The molecule has 112 valence electrons. The molecular formula is C15H19N3O2S. The highest BCUT2D eigenvalue weighted by atomic mass is 32.1. The summed E-state index contributed by atoms with van der Waals surface area (Å²) >= 11 is 1.68. The number of benzene rings is 1. The maximum atomic E-state index is 11.8. The molecule has 0 saturated carbocycles. The number of rotatable bonds is 6. The van der Waals surface area contributed by atoms with E-state index in [0.29, 0.717) is 24.4 Å². The third-order valence-electron chi connectivity index (χ3n) is 2.94. The van der Waals surface area contributed by atoms with Gasteiger partial charge in [0.15, 0.2) is 0 Å². The fraction of sp³-hybridized carbons (Fsp3) is 0.333.